The van der Waals surface area contributed by atoms with E-state index in [1.165, 1.54) is 25.7 Å². The first-order chi connectivity index (χ1) is 34.9. The van der Waals surface area contributed by atoms with Crippen molar-refractivity contribution < 1.29 is 71.7 Å². The Bertz CT molecular complexity index is 1870. The van der Waals surface area contributed by atoms with Crippen LogP contribution in [-0.4, -0.2) is 153 Å². The highest BCUT2D eigenvalue weighted by Crippen LogP contribution is 2.23. The molecule has 6 atom stereocenters. The van der Waals surface area contributed by atoms with Crippen LogP contribution in [0.4, 0.5) is 0 Å². The number of nitrogens with zero attached hydrogens (tertiary/aromatic N) is 1. The lowest BCUT2D eigenvalue weighted by Gasteiger charge is -2.26. The molecule has 5 amide bonds. The largest absolute Gasteiger partial charge is 0.382 e. The summed E-state index contributed by atoms with van der Waals surface area (Å²) in [4.78, 5) is 156. The molecule has 4 N–H and O–H groups in total. The van der Waals surface area contributed by atoms with Crippen molar-refractivity contribution in [1.29, 1.82) is 0 Å². The maximum absolute atomic E-state index is 13.8. The number of rotatable bonds is 42. The average molecular weight is 1050 g/mol. The molecule has 1 saturated heterocycles. The lowest BCUT2D eigenvalue weighted by Crippen LogP contribution is -2.48. The minimum absolute atomic E-state index is 0.0273. The summed E-state index contributed by atoms with van der Waals surface area (Å²) in [5.41, 5.74) is 0. The Morgan fingerprint density at radius 3 is 1.81 bits per heavy atom. The number of Topliss-reactive ketones (excluding diaryl/α,β-unsaturated/α-hetero) is 7. The third kappa shape index (κ3) is 27.5. The fourth-order valence-corrected chi connectivity index (χ4v) is 8.52. The first-order valence-corrected chi connectivity index (χ1v) is 26.6. The van der Waals surface area contributed by atoms with E-state index in [1.807, 2.05) is 20.8 Å². The molecule has 0 aromatic heterocycles. The Kier molecular flexibility index (Phi) is 33.3. The summed E-state index contributed by atoms with van der Waals surface area (Å²) in [6, 6.07) is -2.61. The summed E-state index contributed by atoms with van der Waals surface area (Å²) in [7, 11) is 1.59. The molecule has 420 valence electrons. The SMILES string of the molecule is CCC(C)C(CC(=O)C(CC(C)C)NC(=O)CCC(=O)C(NC(=O)C1CCN(C(=O)CCC(=O)NC(CCCCCC(=O)CCOCCOCCOC)C(C)=O)C1)C(C)C)C(=O)NCC(=O)CC(C(C)=O)C(C)=O. The Balaban J connectivity index is 2.66. The number of ketones is 7. The van der Waals surface area contributed by atoms with E-state index < -0.39 is 83.4 Å². The summed E-state index contributed by atoms with van der Waals surface area (Å²) < 4.78 is 15.6. The maximum Gasteiger partial charge on any atom is 0.225 e. The maximum atomic E-state index is 13.8. The average Bonchev–Trinajstić information content (AvgIpc) is 3.84. The molecule has 1 aliphatic heterocycles. The van der Waals surface area contributed by atoms with Crippen molar-refractivity contribution in [3.63, 3.8) is 0 Å². The van der Waals surface area contributed by atoms with Gasteiger partial charge in [-0.1, -0.05) is 60.8 Å². The van der Waals surface area contributed by atoms with Crippen LogP contribution >= 0.6 is 0 Å². The number of likely N-dealkylation sites (tertiary alicyclic amines) is 1. The third-order valence-corrected chi connectivity index (χ3v) is 13.4. The molecule has 0 spiro atoms. The van der Waals surface area contributed by atoms with Gasteiger partial charge >= 0.3 is 0 Å². The third-order valence-electron chi connectivity index (χ3n) is 13.4. The van der Waals surface area contributed by atoms with E-state index in [9.17, 15) is 57.5 Å². The predicted molar refractivity (Wildman–Crippen MR) is 275 cm³/mol. The van der Waals surface area contributed by atoms with E-state index in [4.69, 9.17) is 14.2 Å². The summed E-state index contributed by atoms with van der Waals surface area (Å²) in [5, 5.41) is 10.9. The molecule has 0 radical (unpaired) electrons. The molecule has 1 rings (SSSR count). The van der Waals surface area contributed by atoms with Crippen molar-refractivity contribution in [3.8, 4) is 0 Å². The number of carbonyl (C=O) groups excluding carboxylic acids is 12. The molecule has 1 fully saturated rings. The Hall–Kier alpha value is -5.08. The van der Waals surface area contributed by atoms with Crippen LogP contribution in [0.15, 0.2) is 0 Å². The van der Waals surface area contributed by atoms with Gasteiger partial charge in [-0.3, -0.25) is 57.5 Å². The Morgan fingerprint density at radius 1 is 0.622 bits per heavy atom. The van der Waals surface area contributed by atoms with Crippen LogP contribution in [0.5, 0.6) is 0 Å². The summed E-state index contributed by atoms with van der Waals surface area (Å²) in [5.74, 6) is -7.74. The zero-order valence-corrected chi connectivity index (χ0v) is 46.0. The van der Waals surface area contributed by atoms with Crippen molar-refractivity contribution in [1.82, 2.24) is 26.2 Å². The van der Waals surface area contributed by atoms with Gasteiger partial charge in [0.2, 0.25) is 29.5 Å². The van der Waals surface area contributed by atoms with Crippen LogP contribution < -0.4 is 21.3 Å². The number of amides is 5. The van der Waals surface area contributed by atoms with E-state index >= 15 is 0 Å². The van der Waals surface area contributed by atoms with Gasteiger partial charge in [-0.05, 0) is 64.2 Å². The normalized spacial score (nSPS) is 15.5. The van der Waals surface area contributed by atoms with Crippen LogP contribution in [0.3, 0.4) is 0 Å². The fraction of sp³-hybridized carbons (Fsp3) is 0.778. The fourth-order valence-electron chi connectivity index (χ4n) is 8.52. The van der Waals surface area contributed by atoms with E-state index in [1.54, 1.807) is 27.9 Å². The molecule has 1 aliphatic rings. The van der Waals surface area contributed by atoms with Crippen molar-refractivity contribution in [3.05, 3.63) is 0 Å². The van der Waals surface area contributed by atoms with E-state index in [0.717, 1.165) is 0 Å². The van der Waals surface area contributed by atoms with Crippen molar-refractivity contribution >= 4 is 70.0 Å². The topological polar surface area (TPSA) is 284 Å². The Morgan fingerprint density at radius 2 is 1.23 bits per heavy atom. The highest BCUT2D eigenvalue weighted by Gasteiger charge is 2.35. The van der Waals surface area contributed by atoms with Crippen LogP contribution in [0.25, 0.3) is 0 Å². The van der Waals surface area contributed by atoms with Crippen LogP contribution in [-0.2, 0) is 71.7 Å². The molecule has 20 heteroatoms. The molecule has 0 aliphatic carbocycles. The molecule has 6 unspecified atom stereocenters. The smallest absolute Gasteiger partial charge is 0.225 e. The van der Waals surface area contributed by atoms with Crippen LogP contribution in [0.1, 0.15) is 159 Å². The number of ether oxygens (including phenoxy) is 3. The minimum Gasteiger partial charge on any atom is -0.382 e. The number of methoxy groups -OCH3 is 1. The second kappa shape index (κ2) is 36.8. The summed E-state index contributed by atoms with van der Waals surface area (Å²) >= 11 is 0. The van der Waals surface area contributed by atoms with Crippen LogP contribution in [0, 0.1) is 35.5 Å². The zero-order valence-electron chi connectivity index (χ0n) is 46.0. The lowest BCUT2D eigenvalue weighted by molar-refractivity contribution is -0.135. The molecule has 20 nitrogen and oxygen atoms in total. The van der Waals surface area contributed by atoms with Gasteiger partial charge in [0.05, 0.1) is 69.5 Å². The lowest BCUT2D eigenvalue weighted by atomic mass is 9.84. The number of hydrogen-bond donors (Lipinski definition) is 4. The molecule has 0 saturated carbocycles. The first-order valence-electron chi connectivity index (χ1n) is 26.6. The van der Waals surface area contributed by atoms with E-state index in [0.29, 0.717) is 84.4 Å². The number of carbonyl (C=O) groups is 12. The molecule has 1 heterocycles. The van der Waals surface area contributed by atoms with Crippen molar-refractivity contribution in [2.45, 2.75) is 177 Å². The van der Waals surface area contributed by atoms with Crippen molar-refractivity contribution in [2.75, 3.05) is 59.8 Å². The number of hydrogen-bond acceptors (Lipinski definition) is 15. The molecule has 0 aromatic carbocycles. The quantitative estimate of drug-likeness (QED) is 0.0500. The highest BCUT2D eigenvalue weighted by atomic mass is 16.5. The minimum atomic E-state index is -1.09. The monoisotopic (exact) mass is 1050 g/mol. The van der Waals surface area contributed by atoms with Gasteiger partial charge in [-0.15, -0.1) is 0 Å². The van der Waals surface area contributed by atoms with Gasteiger partial charge in [-0.25, -0.2) is 0 Å². The first kappa shape index (κ1) is 66.9. The van der Waals surface area contributed by atoms with Crippen LogP contribution in [0.2, 0.25) is 0 Å². The second-order valence-electron chi connectivity index (χ2n) is 20.5. The van der Waals surface area contributed by atoms with Gasteiger partial charge < -0.3 is 40.4 Å². The second-order valence-corrected chi connectivity index (χ2v) is 20.5. The highest BCUT2D eigenvalue weighted by molar-refractivity contribution is 6.04. The summed E-state index contributed by atoms with van der Waals surface area (Å²) in [6.45, 7) is 16.9. The standard InChI is InChI=1S/C54H89N5O15/c1-11-36(6)43(54(71)55-32-42(64)30-44(37(7)60)38(8)61)31-48(66)46(29-34(2)3)57-49(67)18-17-47(65)52(35(4)5)58-53(70)40-21-23-59(33-40)51(69)20-19-50(68)56-45(39(9)62)16-14-12-13-15-41(63)22-24-73-27-28-74-26-25-72-10/h34-36,40,43-46,52H,11-33H2,1-10H3,(H,55,71)(H,56,68)(H,57,67)(H,58,70). The predicted octanol–water partition coefficient (Wildman–Crippen LogP) is 3.79. The molecular formula is C54H89N5O15. The number of unbranched alkanes of at least 4 members (excludes halogenated alkanes) is 2. The van der Waals surface area contributed by atoms with Gasteiger partial charge in [0.15, 0.2) is 23.1 Å². The van der Waals surface area contributed by atoms with Gasteiger partial charge in [-0.2, -0.15) is 0 Å². The van der Waals surface area contributed by atoms with Gasteiger partial charge in [0, 0.05) is 77.5 Å². The zero-order chi connectivity index (χ0) is 55.9. The molecule has 0 bridgehead atoms. The van der Waals surface area contributed by atoms with Crippen molar-refractivity contribution in [2.24, 2.45) is 35.5 Å². The van der Waals surface area contributed by atoms with E-state index in [-0.39, 0.29) is 105 Å². The van der Waals surface area contributed by atoms with Gasteiger partial charge in [0.1, 0.15) is 17.3 Å². The molecule has 74 heavy (non-hydrogen) atoms. The van der Waals surface area contributed by atoms with Gasteiger partial charge in [0.25, 0.3) is 0 Å². The summed E-state index contributed by atoms with van der Waals surface area (Å²) in [6.07, 6.45) is 2.90. The van der Waals surface area contributed by atoms with E-state index in [2.05, 4.69) is 21.3 Å². The number of nitrogens with one attached hydrogen (secondary N) is 4. The molecule has 0 aromatic rings. The Labute approximate surface area is 438 Å². The molecular weight excluding hydrogens is 959 g/mol.